The lowest BCUT2D eigenvalue weighted by Gasteiger charge is -2.35. The number of amides is 1. The molecule has 0 bridgehead atoms. The van der Waals surface area contributed by atoms with Crippen molar-refractivity contribution in [3.8, 4) is 0 Å². The first-order valence-electron chi connectivity index (χ1n) is 11.8. The van der Waals surface area contributed by atoms with E-state index >= 15 is 0 Å². The van der Waals surface area contributed by atoms with Crippen LogP contribution in [0, 0.1) is 29.6 Å². The van der Waals surface area contributed by atoms with Crippen molar-refractivity contribution in [2.75, 3.05) is 13.1 Å². The molecule has 1 heterocycles. The Kier molecular flexibility index (Phi) is 7.78. The molecule has 3 rings (SSSR count). The van der Waals surface area contributed by atoms with E-state index in [-0.39, 0.29) is 0 Å². The standard InChI is InChI=1S/C24H41NO2/c1-18-15-19(2)17-25(16-18)24(27)10-6-5-9-23(26)22-13-11-20-7-3-4-8-21(20)12-14-22/h18-22H,3-17H2,1-2H3. The maximum atomic E-state index is 12.7. The third-order valence-electron chi connectivity index (χ3n) is 7.58. The second-order valence-electron chi connectivity index (χ2n) is 10.1. The Morgan fingerprint density at radius 3 is 1.93 bits per heavy atom. The number of nitrogens with zero attached hydrogens (tertiary/aromatic N) is 1. The van der Waals surface area contributed by atoms with Gasteiger partial charge in [0.25, 0.3) is 0 Å². The lowest BCUT2D eigenvalue weighted by atomic mass is 9.77. The summed E-state index contributed by atoms with van der Waals surface area (Å²) in [4.78, 5) is 27.2. The van der Waals surface area contributed by atoms with Crippen LogP contribution in [-0.4, -0.2) is 29.7 Å². The Hall–Kier alpha value is -0.860. The molecule has 0 aromatic rings. The monoisotopic (exact) mass is 375 g/mol. The summed E-state index contributed by atoms with van der Waals surface area (Å²) in [6.07, 6.45) is 14.8. The van der Waals surface area contributed by atoms with Gasteiger partial charge in [0.1, 0.15) is 5.78 Å². The van der Waals surface area contributed by atoms with Gasteiger partial charge in [-0.1, -0.05) is 39.5 Å². The van der Waals surface area contributed by atoms with E-state index in [0.717, 1.165) is 50.6 Å². The van der Waals surface area contributed by atoms with Gasteiger partial charge in [-0.3, -0.25) is 9.59 Å². The molecule has 1 aliphatic heterocycles. The molecule has 4 unspecified atom stereocenters. The van der Waals surface area contributed by atoms with Gasteiger partial charge < -0.3 is 4.90 Å². The molecule has 0 spiro atoms. The summed E-state index contributed by atoms with van der Waals surface area (Å²) in [7, 11) is 0. The zero-order valence-corrected chi connectivity index (χ0v) is 17.8. The Labute approximate surface area is 166 Å². The highest BCUT2D eigenvalue weighted by molar-refractivity contribution is 5.81. The van der Waals surface area contributed by atoms with Crippen molar-refractivity contribution in [2.24, 2.45) is 29.6 Å². The number of rotatable bonds is 6. The van der Waals surface area contributed by atoms with Gasteiger partial charge in [0, 0.05) is 31.8 Å². The largest absolute Gasteiger partial charge is 0.342 e. The molecule has 2 aliphatic carbocycles. The highest BCUT2D eigenvalue weighted by Crippen LogP contribution is 2.41. The predicted octanol–water partition coefficient (Wildman–Crippen LogP) is 5.62. The van der Waals surface area contributed by atoms with Gasteiger partial charge in [0.2, 0.25) is 5.91 Å². The van der Waals surface area contributed by atoms with Crippen LogP contribution in [0.5, 0.6) is 0 Å². The van der Waals surface area contributed by atoms with Crippen LogP contribution in [-0.2, 0) is 9.59 Å². The van der Waals surface area contributed by atoms with Gasteiger partial charge in [-0.05, 0) is 68.6 Å². The summed E-state index contributed by atoms with van der Waals surface area (Å²) < 4.78 is 0. The van der Waals surface area contributed by atoms with E-state index in [4.69, 9.17) is 0 Å². The zero-order chi connectivity index (χ0) is 19.2. The van der Waals surface area contributed by atoms with Crippen LogP contribution in [0.1, 0.15) is 97.3 Å². The Morgan fingerprint density at radius 2 is 1.33 bits per heavy atom. The molecule has 1 amide bonds. The smallest absolute Gasteiger partial charge is 0.222 e. The van der Waals surface area contributed by atoms with E-state index in [2.05, 4.69) is 18.7 Å². The maximum absolute atomic E-state index is 12.7. The minimum Gasteiger partial charge on any atom is -0.342 e. The molecular formula is C24H41NO2. The Balaban J connectivity index is 1.34. The lowest BCUT2D eigenvalue weighted by molar-refractivity contribution is -0.134. The van der Waals surface area contributed by atoms with Gasteiger partial charge in [0.05, 0.1) is 0 Å². The molecule has 3 heteroatoms. The molecule has 1 saturated heterocycles. The van der Waals surface area contributed by atoms with Gasteiger partial charge >= 0.3 is 0 Å². The molecule has 0 aromatic heterocycles. The second-order valence-corrected chi connectivity index (χ2v) is 10.1. The molecule has 154 valence electrons. The number of hydrogen-bond acceptors (Lipinski definition) is 2. The number of fused-ring (bicyclic) bond motifs is 1. The molecule has 0 aromatic carbocycles. The predicted molar refractivity (Wildman–Crippen MR) is 110 cm³/mol. The van der Waals surface area contributed by atoms with E-state index in [1.807, 2.05) is 0 Å². The van der Waals surface area contributed by atoms with Crippen LogP contribution >= 0.6 is 0 Å². The van der Waals surface area contributed by atoms with E-state index in [9.17, 15) is 9.59 Å². The topological polar surface area (TPSA) is 37.4 Å². The summed E-state index contributed by atoms with van der Waals surface area (Å²) >= 11 is 0. The normalized spacial score (nSPS) is 34.6. The minimum atomic E-state index is 0.305. The van der Waals surface area contributed by atoms with Crippen molar-refractivity contribution < 1.29 is 9.59 Å². The highest BCUT2D eigenvalue weighted by atomic mass is 16.2. The average molecular weight is 376 g/mol. The second kappa shape index (κ2) is 10.1. The molecule has 3 fully saturated rings. The van der Waals surface area contributed by atoms with Crippen molar-refractivity contribution in [3.05, 3.63) is 0 Å². The number of carbonyl (C=O) groups is 2. The summed E-state index contributed by atoms with van der Waals surface area (Å²) in [5.74, 6) is 4.17. The molecular weight excluding hydrogens is 334 g/mol. The summed E-state index contributed by atoms with van der Waals surface area (Å²) in [6.45, 7) is 6.34. The lowest BCUT2D eigenvalue weighted by Crippen LogP contribution is -2.42. The maximum Gasteiger partial charge on any atom is 0.222 e. The van der Waals surface area contributed by atoms with Gasteiger partial charge in [-0.25, -0.2) is 0 Å². The molecule has 3 aliphatic rings. The number of likely N-dealkylation sites (tertiary alicyclic amines) is 1. The fourth-order valence-electron chi connectivity index (χ4n) is 6.15. The third kappa shape index (κ3) is 6.06. The van der Waals surface area contributed by atoms with Crippen LogP contribution < -0.4 is 0 Å². The average Bonchev–Trinajstić information content (AvgIpc) is 2.87. The Morgan fingerprint density at radius 1 is 0.778 bits per heavy atom. The van der Waals surface area contributed by atoms with Crippen molar-refractivity contribution in [1.29, 1.82) is 0 Å². The molecule has 3 nitrogen and oxygen atoms in total. The van der Waals surface area contributed by atoms with Crippen molar-refractivity contribution in [2.45, 2.75) is 97.3 Å². The Bertz CT molecular complexity index is 477. The first-order valence-corrected chi connectivity index (χ1v) is 11.8. The van der Waals surface area contributed by atoms with Gasteiger partial charge in [-0.15, -0.1) is 0 Å². The number of hydrogen-bond donors (Lipinski definition) is 0. The van der Waals surface area contributed by atoms with Crippen molar-refractivity contribution in [3.63, 3.8) is 0 Å². The SMILES string of the molecule is CC1CC(C)CN(C(=O)CCCCC(=O)C2CCC3CCCCC3CC2)C1. The summed E-state index contributed by atoms with van der Waals surface area (Å²) in [5, 5.41) is 0. The van der Waals surface area contributed by atoms with E-state index in [1.54, 1.807) is 0 Å². The molecule has 0 radical (unpaired) electrons. The third-order valence-corrected chi connectivity index (χ3v) is 7.58. The number of Topliss-reactive ketones (excluding diaryl/α,β-unsaturated/α-hetero) is 1. The van der Waals surface area contributed by atoms with E-state index < -0.39 is 0 Å². The summed E-state index contributed by atoms with van der Waals surface area (Å²) in [5.41, 5.74) is 0. The highest BCUT2D eigenvalue weighted by Gasteiger charge is 2.31. The minimum absolute atomic E-state index is 0.305. The van der Waals surface area contributed by atoms with Crippen molar-refractivity contribution in [1.82, 2.24) is 4.90 Å². The first-order chi connectivity index (χ1) is 13.0. The van der Waals surface area contributed by atoms with Crippen LogP contribution in [0.4, 0.5) is 0 Å². The van der Waals surface area contributed by atoms with Gasteiger partial charge in [0.15, 0.2) is 0 Å². The first kappa shape index (κ1) is 20.9. The quantitative estimate of drug-likeness (QED) is 0.565. The van der Waals surface area contributed by atoms with Crippen LogP contribution in [0.15, 0.2) is 0 Å². The fourth-order valence-corrected chi connectivity index (χ4v) is 6.15. The number of carbonyl (C=O) groups excluding carboxylic acids is 2. The number of unbranched alkanes of at least 4 members (excludes halogenated alkanes) is 1. The molecule has 4 atom stereocenters. The van der Waals surface area contributed by atoms with Gasteiger partial charge in [-0.2, -0.15) is 0 Å². The zero-order valence-electron chi connectivity index (χ0n) is 17.8. The molecule has 2 saturated carbocycles. The molecule has 0 N–H and O–H groups in total. The molecule has 27 heavy (non-hydrogen) atoms. The van der Waals surface area contributed by atoms with Crippen LogP contribution in [0.2, 0.25) is 0 Å². The number of ketones is 1. The van der Waals surface area contributed by atoms with E-state index in [1.165, 1.54) is 44.9 Å². The van der Waals surface area contributed by atoms with E-state index in [0.29, 0.717) is 42.3 Å². The number of piperidine rings is 1. The van der Waals surface area contributed by atoms with Crippen molar-refractivity contribution >= 4 is 11.7 Å². The summed E-state index contributed by atoms with van der Waals surface area (Å²) in [6, 6.07) is 0. The van der Waals surface area contributed by atoms with Crippen LogP contribution in [0.3, 0.4) is 0 Å². The fraction of sp³-hybridized carbons (Fsp3) is 0.917. The van der Waals surface area contributed by atoms with Crippen LogP contribution in [0.25, 0.3) is 0 Å².